The molecule has 0 unspecified atom stereocenters. The maximum Gasteiger partial charge on any atom is 0.269 e. The highest BCUT2D eigenvalue weighted by Gasteiger charge is 2.17. The molecule has 0 aliphatic heterocycles. The molecule has 1 aliphatic carbocycles. The van der Waals surface area contributed by atoms with Gasteiger partial charge in [-0.3, -0.25) is 25.2 Å². The number of amides is 2. The fraction of sp³-hybridized carbons (Fsp3) is 0.391. The van der Waals surface area contributed by atoms with Crippen LogP contribution in [0.1, 0.15) is 55.8 Å². The zero-order valence-electron chi connectivity index (χ0n) is 18.1. The van der Waals surface area contributed by atoms with Crippen LogP contribution in [0, 0.1) is 5.92 Å². The summed E-state index contributed by atoms with van der Waals surface area (Å²) in [6, 6.07) is 12.0. The van der Waals surface area contributed by atoms with Crippen LogP contribution in [0.25, 0.3) is 0 Å². The first-order valence-corrected chi connectivity index (χ1v) is 12.3. The molecule has 2 aromatic carbocycles. The number of hydrogen-bond acceptors (Lipinski definition) is 5. The Bertz CT molecular complexity index is 1010. The molecular formula is C23H29N3O5S. The summed E-state index contributed by atoms with van der Waals surface area (Å²) < 4.78 is 32.9. The van der Waals surface area contributed by atoms with E-state index in [-0.39, 0.29) is 10.8 Å². The quantitative estimate of drug-likeness (QED) is 0.496. The standard InChI is InChI=1S/C23H29N3O5S/c1-2-31-20-12-14-21(15-13-20)32(29,30)26-19-10-8-18(9-11-19)23(28)25-24-22(27)16-7-17-5-3-4-6-17/h8-15,17,26H,2-7,16H2,1H3,(H,24,27)(H,25,28). The molecule has 3 N–H and O–H groups in total. The first-order chi connectivity index (χ1) is 15.4. The maximum absolute atomic E-state index is 12.5. The Hall–Kier alpha value is -3.07. The van der Waals surface area contributed by atoms with Crippen molar-refractivity contribution < 1.29 is 22.7 Å². The third-order valence-electron chi connectivity index (χ3n) is 5.41. The second-order valence-electron chi connectivity index (χ2n) is 7.78. The van der Waals surface area contributed by atoms with Gasteiger partial charge >= 0.3 is 0 Å². The molecule has 0 bridgehead atoms. The van der Waals surface area contributed by atoms with Crippen molar-refractivity contribution in [3.8, 4) is 5.75 Å². The molecule has 3 rings (SSSR count). The molecule has 0 heterocycles. The highest BCUT2D eigenvalue weighted by molar-refractivity contribution is 7.92. The SMILES string of the molecule is CCOc1ccc(S(=O)(=O)Nc2ccc(C(=O)NNC(=O)CCC3CCCC3)cc2)cc1. The molecule has 32 heavy (non-hydrogen) atoms. The van der Waals surface area contributed by atoms with E-state index >= 15 is 0 Å². The van der Waals surface area contributed by atoms with Crippen LogP contribution in [0.2, 0.25) is 0 Å². The van der Waals surface area contributed by atoms with E-state index in [2.05, 4.69) is 15.6 Å². The average Bonchev–Trinajstić information content (AvgIpc) is 3.31. The lowest BCUT2D eigenvalue weighted by Gasteiger charge is -2.11. The molecule has 8 nitrogen and oxygen atoms in total. The van der Waals surface area contributed by atoms with Crippen molar-refractivity contribution >= 4 is 27.5 Å². The number of anilines is 1. The number of carbonyl (C=O) groups is 2. The summed E-state index contributed by atoms with van der Waals surface area (Å²) in [6.45, 7) is 2.34. The van der Waals surface area contributed by atoms with Crippen molar-refractivity contribution in [3.63, 3.8) is 0 Å². The minimum absolute atomic E-state index is 0.100. The first kappa shape index (κ1) is 23.6. The first-order valence-electron chi connectivity index (χ1n) is 10.8. The van der Waals surface area contributed by atoms with Crippen LogP contribution >= 0.6 is 0 Å². The zero-order valence-corrected chi connectivity index (χ0v) is 18.9. The van der Waals surface area contributed by atoms with E-state index in [1.54, 1.807) is 12.1 Å². The topological polar surface area (TPSA) is 114 Å². The summed E-state index contributed by atoms with van der Waals surface area (Å²) in [5, 5.41) is 0. The predicted octanol–water partition coefficient (Wildman–Crippen LogP) is 3.62. The van der Waals surface area contributed by atoms with Gasteiger partial charge in [-0.05, 0) is 67.8 Å². The number of hydrazine groups is 1. The van der Waals surface area contributed by atoms with Gasteiger partial charge < -0.3 is 4.74 Å². The minimum Gasteiger partial charge on any atom is -0.494 e. The Labute approximate surface area is 188 Å². The van der Waals surface area contributed by atoms with Gasteiger partial charge in [-0.2, -0.15) is 0 Å². The average molecular weight is 460 g/mol. The number of benzene rings is 2. The van der Waals surface area contributed by atoms with Crippen LogP contribution in [-0.4, -0.2) is 26.8 Å². The van der Waals surface area contributed by atoms with Gasteiger partial charge in [0.1, 0.15) is 5.75 Å². The molecule has 1 aliphatic rings. The van der Waals surface area contributed by atoms with Crippen molar-refractivity contribution in [2.45, 2.75) is 50.3 Å². The highest BCUT2D eigenvalue weighted by Crippen LogP contribution is 2.28. The summed E-state index contributed by atoms with van der Waals surface area (Å²) in [6.07, 6.45) is 6.04. The minimum atomic E-state index is -3.78. The van der Waals surface area contributed by atoms with Gasteiger partial charge in [-0.1, -0.05) is 25.7 Å². The van der Waals surface area contributed by atoms with Crippen LogP contribution in [0.4, 0.5) is 5.69 Å². The number of rotatable bonds is 9. The Balaban J connectivity index is 1.50. The van der Waals surface area contributed by atoms with E-state index in [1.165, 1.54) is 62.1 Å². The second kappa shape index (κ2) is 11.0. The van der Waals surface area contributed by atoms with E-state index in [0.29, 0.717) is 35.9 Å². The van der Waals surface area contributed by atoms with Gasteiger partial charge in [0.25, 0.3) is 15.9 Å². The van der Waals surface area contributed by atoms with Crippen molar-refractivity contribution in [2.75, 3.05) is 11.3 Å². The molecule has 1 saturated carbocycles. The van der Waals surface area contributed by atoms with Gasteiger partial charge in [0, 0.05) is 17.7 Å². The number of sulfonamides is 1. The molecule has 0 aromatic heterocycles. The van der Waals surface area contributed by atoms with Crippen LogP contribution in [0.3, 0.4) is 0 Å². The van der Waals surface area contributed by atoms with Gasteiger partial charge in [0.15, 0.2) is 0 Å². The molecule has 0 atom stereocenters. The fourth-order valence-electron chi connectivity index (χ4n) is 3.68. The Morgan fingerprint density at radius 3 is 2.25 bits per heavy atom. The van der Waals surface area contributed by atoms with Crippen molar-refractivity contribution in [1.29, 1.82) is 0 Å². The monoisotopic (exact) mass is 459 g/mol. The Morgan fingerprint density at radius 2 is 1.62 bits per heavy atom. The lowest BCUT2D eigenvalue weighted by molar-refractivity contribution is -0.122. The summed E-state index contributed by atoms with van der Waals surface area (Å²) in [5.74, 6) is 0.507. The molecule has 1 fully saturated rings. The normalized spacial score (nSPS) is 14.0. The smallest absolute Gasteiger partial charge is 0.269 e. The summed E-state index contributed by atoms with van der Waals surface area (Å²) >= 11 is 0. The second-order valence-corrected chi connectivity index (χ2v) is 9.46. The number of carbonyl (C=O) groups excluding carboxylic acids is 2. The Kier molecular flexibility index (Phi) is 8.10. The summed E-state index contributed by atoms with van der Waals surface area (Å²) in [5.41, 5.74) is 5.44. The summed E-state index contributed by atoms with van der Waals surface area (Å²) in [7, 11) is -3.78. The van der Waals surface area contributed by atoms with Crippen LogP contribution < -0.4 is 20.3 Å². The summed E-state index contributed by atoms with van der Waals surface area (Å²) in [4.78, 5) is 24.3. The van der Waals surface area contributed by atoms with E-state index in [1.807, 2.05) is 6.92 Å². The molecule has 2 aromatic rings. The molecule has 9 heteroatoms. The van der Waals surface area contributed by atoms with Gasteiger partial charge in [-0.15, -0.1) is 0 Å². The third-order valence-corrected chi connectivity index (χ3v) is 6.81. The molecule has 172 valence electrons. The molecular weight excluding hydrogens is 430 g/mol. The lowest BCUT2D eigenvalue weighted by atomic mass is 10.0. The van der Waals surface area contributed by atoms with E-state index in [4.69, 9.17) is 4.74 Å². The lowest BCUT2D eigenvalue weighted by Crippen LogP contribution is -2.41. The fourth-order valence-corrected chi connectivity index (χ4v) is 4.74. The van der Waals surface area contributed by atoms with Crippen LogP contribution in [0.5, 0.6) is 5.75 Å². The largest absolute Gasteiger partial charge is 0.494 e. The third kappa shape index (κ3) is 6.71. The highest BCUT2D eigenvalue weighted by atomic mass is 32.2. The van der Waals surface area contributed by atoms with E-state index in [9.17, 15) is 18.0 Å². The van der Waals surface area contributed by atoms with E-state index < -0.39 is 15.9 Å². The molecule has 2 amide bonds. The predicted molar refractivity (Wildman–Crippen MR) is 122 cm³/mol. The van der Waals surface area contributed by atoms with Crippen molar-refractivity contribution in [3.05, 3.63) is 54.1 Å². The Morgan fingerprint density at radius 1 is 0.969 bits per heavy atom. The van der Waals surface area contributed by atoms with Crippen LogP contribution in [-0.2, 0) is 14.8 Å². The number of ether oxygens (including phenoxy) is 1. The zero-order chi connectivity index (χ0) is 23.0. The maximum atomic E-state index is 12.5. The molecule has 0 saturated heterocycles. The van der Waals surface area contributed by atoms with Gasteiger partial charge in [0.05, 0.1) is 11.5 Å². The molecule has 0 spiro atoms. The van der Waals surface area contributed by atoms with Crippen molar-refractivity contribution in [2.24, 2.45) is 5.92 Å². The van der Waals surface area contributed by atoms with Gasteiger partial charge in [-0.25, -0.2) is 8.42 Å². The molecule has 0 radical (unpaired) electrons. The van der Waals surface area contributed by atoms with Gasteiger partial charge in [0.2, 0.25) is 5.91 Å². The van der Waals surface area contributed by atoms with Crippen LogP contribution in [0.15, 0.2) is 53.4 Å². The number of nitrogens with one attached hydrogen (secondary N) is 3. The van der Waals surface area contributed by atoms with E-state index in [0.717, 1.165) is 6.42 Å². The van der Waals surface area contributed by atoms with Crippen molar-refractivity contribution in [1.82, 2.24) is 10.9 Å². The number of hydrogen-bond donors (Lipinski definition) is 3.